The van der Waals surface area contributed by atoms with Crippen LogP contribution in [-0.4, -0.2) is 62.1 Å². The third-order valence-corrected chi connectivity index (χ3v) is 5.22. The van der Waals surface area contributed by atoms with Gasteiger partial charge in [-0.15, -0.1) is 4.28 Å². The minimum absolute atomic E-state index is 0.0313. The van der Waals surface area contributed by atoms with E-state index in [1.165, 1.54) is 17.1 Å². The maximum Gasteiger partial charge on any atom is 0.418 e. The van der Waals surface area contributed by atoms with Crippen LogP contribution in [0.1, 0.15) is 28.9 Å². The maximum atomic E-state index is 12.9. The summed E-state index contributed by atoms with van der Waals surface area (Å²) in [6.45, 7) is -0.0885. The number of pyridine rings is 1. The number of hydroxylamine groups is 2. The maximum absolute atomic E-state index is 12.9. The highest BCUT2D eigenvalue weighted by Crippen LogP contribution is 2.43. The summed E-state index contributed by atoms with van der Waals surface area (Å²) >= 11 is 0. The van der Waals surface area contributed by atoms with Gasteiger partial charge in [0, 0.05) is 25.0 Å². The number of urea groups is 1. The second kappa shape index (κ2) is 7.60. The summed E-state index contributed by atoms with van der Waals surface area (Å²) < 4.78 is 37.1. The van der Waals surface area contributed by atoms with Crippen LogP contribution < -0.4 is 10.9 Å². The molecule has 0 aliphatic carbocycles. The Morgan fingerprint density at radius 2 is 2.10 bits per heavy atom. The molecule has 0 saturated carbocycles. The summed E-state index contributed by atoms with van der Waals surface area (Å²) in [7, 11) is -3.43. The third kappa shape index (κ3) is 3.92. The summed E-state index contributed by atoms with van der Waals surface area (Å²) in [5.74, 6) is -1.26. The molecule has 31 heavy (non-hydrogen) atoms. The van der Waals surface area contributed by atoms with Crippen molar-refractivity contribution in [2.75, 3.05) is 6.54 Å². The third-order valence-electron chi connectivity index (χ3n) is 4.87. The van der Waals surface area contributed by atoms with Crippen molar-refractivity contribution in [2.45, 2.75) is 18.5 Å². The summed E-state index contributed by atoms with van der Waals surface area (Å²) in [5.41, 5.74) is 5.87. The smallest absolute Gasteiger partial charge is 0.302 e. The number of rotatable bonds is 5. The van der Waals surface area contributed by atoms with E-state index < -0.39 is 40.3 Å². The van der Waals surface area contributed by atoms with Gasteiger partial charge >= 0.3 is 16.4 Å². The second-order valence-corrected chi connectivity index (χ2v) is 7.87. The number of nitrogens with zero attached hydrogens (tertiary/aromatic N) is 5. The van der Waals surface area contributed by atoms with Gasteiger partial charge in [0.2, 0.25) is 5.91 Å². The monoisotopic (exact) mass is 451 g/mol. The second-order valence-electron chi connectivity index (χ2n) is 6.87. The highest BCUT2D eigenvalue weighted by atomic mass is 32.3. The summed E-state index contributed by atoms with van der Waals surface area (Å²) in [5, 5.41) is 4.54. The van der Waals surface area contributed by atoms with Crippen molar-refractivity contribution in [3.8, 4) is 0 Å². The van der Waals surface area contributed by atoms with Crippen molar-refractivity contribution < 1.29 is 31.6 Å². The Balaban J connectivity index is 1.53. The molecule has 2 unspecified atom stereocenters. The molecule has 1 fully saturated rings. The molecule has 4 amide bonds. The lowest BCUT2D eigenvalue weighted by molar-refractivity contribution is -0.131. The number of hydrogen-bond donors (Lipinski definition) is 3. The van der Waals surface area contributed by atoms with Crippen molar-refractivity contribution in [1.82, 2.24) is 35.6 Å². The number of aryl methyl sites for hydroxylation is 1. The van der Waals surface area contributed by atoms with Gasteiger partial charge in [-0.25, -0.2) is 4.79 Å². The van der Waals surface area contributed by atoms with Crippen LogP contribution in [0.3, 0.4) is 0 Å². The van der Waals surface area contributed by atoms with Crippen molar-refractivity contribution >= 4 is 28.2 Å². The van der Waals surface area contributed by atoms with Gasteiger partial charge in [-0.3, -0.25) is 34.7 Å². The Kier molecular flexibility index (Phi) is 5.08. The van der Waals surface area contributed by atoms with Crippen molar-refractivity contribution in [3.05, 3.63) is 47.5 Å². The highest BCUT2D eigenvalue weighted by Gasteiger charge is 2.53. The molecule has 3 N–H and O–H groups in total. The minimum atomic E-state index is -4.98. The fourth-order valence-electron chi connectivity index (χ4n) is 3.63. The summed E-state index contributed by atoms with van der Waals surface area (Å²) in [6, 6.07) is 0.302. The SMILES string of the molecule is Cn1ncc2c1C(C(=O)NNC(=O)Cc1cccnc1)N1CC2N(OS(=O)(=O)O)C1=O. The number of hydrazine groups is 1. The van der Waals surface area contributed by atoms with Gasteiger partial charge in [0.1, 0.15) is 6.04 Å². The lowest BCUT2D eigenvalue weighted by atomic mass is 9.97. The number of carbonyl (C=O) groups excluding carboxylic acids is 3. The summed E-state index contributed by atoms with van der Waals surface area (Å²) in [6.07, 6.45) is 4.42. The zero-order valence-electron chi connectivity index (χ0n) is 16.0. The Hall–Kier alpha value is -3.56. The van der Waals surface area contributed by atoms with Crippen LogP contribution >= 0.6 is 0 Å². The molecule has 2 aliphatic heterocycles. The van der Waals surface area contributed by atoms with Crippen molar-refractivity contribution in [3.63, 3.8) is 0 Å². The molecule has 14 nitrogen and oxygen atoms in total. The molecular formula is C16H17N7O7S. The number of hydrogen-bond acceptors (Lipinski definition) is 8. The normalized spacial score (nSPS) is 19.9. The molecule has 0 spiro atoms. The van der Waals surface area contributed by atoms with Gasteiger partial charge in [-0.05, 0) is 11.6 Å². The van der Waals surface area contributed by atoms with E-state index in [1.54, 1.807) is 25.4 Å². The molecule has 0 radical (unpaired) electrons. The van der Waals surface area contributed by atoms with Crippen LogP contribution in [0, 0.1) is 0 Å². The molecule has 2 aliphatic rings. The lowest BCUT2D eigenvalue weighted by Crippen LogP contribution is -2.50. The largest absolute Gasteiger partial charge is 0.418 e. The van der Waals surface area contributed by atoms with E-state index in [1.807, 2.05) is 0 Å². The van der Waals surface area contributed by atoms with E-state index in [2.05, 4.69) is 25.2 Å². The van der Waals surface area contributed by atoms with Crippen LogP contribution in [-0.2, 0) is 37.7 Å². The first kappa shape index (κ1) is 20.7. The Morgan fingerprint density at radius 1 is 1.32 bits per heavy atom. The van der Waals surface area contributed by atoms with Crippen molar-refractivity contribution in [1.29, 1.82) is 0 Å². The lowest BCUT2D eigenvalue weighted by Gasteiger charge is -2.30. The number of amides is 4. The zero-order valence-corrected chi connectivity index (χ0v) is 16.8. The average Bonchev–Trinajstić information content (AvgIpc) is 3.21. The standard InChI is InChI=1S/C16H17N7O7S/c1-21-13-10(7-18-21)11-8-22(16(26)23(11)30-31(27,28)29)14(13)15(25)20-19-12(24)5-9-3-2-4-17-6-9/h2-4,6-7,11,14H,5,8H2,1H3,(H,19,24)(H,20,25)(H,27,28,29). The van der Waals surface area contributed by atoms with Crippen LogP contribution in [0.4, 0.5) is 4.79 Å². The zero-order chi connectivity index (χ0) is 22.3. The molecule has 2 aromatic rings. The Labute approximate surface area is 175 Å². The van der Waals surface area contributed by atoms with Gasteiger partial charge < -0.3 is 4.90 Å². The van der Waals surface area contributed by atoms with E-state index in [0.717, 1.165) is 4.90 Å². The molecule has 164 valence electrons. The van der Waals surface area contributed by atoms with Gasteiger partial charge in [0.05, 0.1) is 24.9 Å². The van der Waals surface area contributed by atoms with Crippen LogP contribution in [0.25, 0.3) is 0 Å². The van der Waals surface area contributed by atoms with E-state index in [0.29, 0.717) is 21.9 Å². The van der Waals surface area contributed by atoms with Gasteiger partial charge in [0.25, 0.3) is 5.91 Å². The van der Waals surface area contributed by atoms with E-state index >= 15 is 0 Å². The van der Waals surface area contributed by atoms with Gasteiger partial charge in [0.15, 0.2) is 6.04 Å². The predicted molar refractivity (Wildman–Crippen MR) is 99.5 cm³/mol. The molecule has 2 bridgehead atoms. The molecule has 2 aromatic heterocycles. The number of aromatic nitrogens is 3. The van der Waals surface area contributed by atoms with Gasteiger partial charge in [-0.2, -0.15) is 18.6 Å². The van der Waals surface area contributed by atoms with Crippen molar-refractivity contribution in [2.24, 2.45) is 7.05 Å². The summed E-state index contributed by atoms with van der Waals surface area (Å²) in [4.78, 5) is 42.7. The molecule has 0 aromatic carbocycles. The topological polar surface area (TPSA) is 176 Å². The molecule has 4 heterocycles. The molecule has 15 heteroatoms. The number of carbonyl (C=O) groups is 3. The van der Waals surface area contributed by atoms with E-state index in [9.17, 15) is 22.8 Å². The van der Waals surface area contributed by atoms with Crippen LogP contribution in [0.2, 0.25) is 0 Å². The first-order valence-electron chi connectivity index (χ1n) is 8.92. The first-order valence-corrected chi connectivity index (χ1v) is 10.3. The van der Waals surface area contributed by atoms with E-state index in [-0.39, 0.29) is 13.0 Å². The number of nitrogens with one attached hydrogen (secondary N) is 2. The molecular weight excluding hydrogens is 434 g/mol. The van der Waals surface area contributed by atoms with Crippen LogP contribution in [0.5, 0.6) is 0 Å². The predicted octanol–water partition coefficient (Wildman–Crippen LogP) is -1.23. The molecule has 1 saturated heterocycles. The Bertz CT molecular complexity index is 1150. The molecule has 4 rings (SSSR count). The minimum Gasteiger partial charge on any atom is -0.302 e. The fraction of sp³-hybridized carbons (Fsp3) is 0.312. The quantitative estimate of drug-likeness (QED) is 0.371. The fourth-order valence-corrected chi connectivity index (χ4v) is 4.00. The van der Waals surface area contributed by atoms with Gasteiger partial charge in [-0.1, -0.05) is 6.07 Å². The van der Waals surface area contributed by atoms with Crippen LogP contribution in [0.15, 0.2) is 30.7 Å². The first-order chi connectivity index (χ1) is 14.7. The Morgan fingerprint density at radius 3 is 2.77 bits per heavy atom. The molecule has 2 atom stereocenters. The van der Waals surface area contributed by atoms with E-state index in [4.69, 9.17) is 4.55 Å². The average molecular weight is 451 g/mol. The number of fused-ring (bicyclic) bond motifs is 4. The highest BCUT2D eigenvalue weighted by molar-refractivity contribution is 7.80.